The number of nitrogens with one attached hydrogen (secondary N) is 1. The minimum Gasteiger partial charge on any atom is -0.479 e. The molecular formula is C13H19N3O3S. The third-order valence-corrected chi connectivity index (χ3v) is 3.55. The predicted octanol–water partition coefficient (Wildman–Crippen LogP) is 1.43. The number of unbranched alkanes of at least 4 members (excludes halogenated alkanes) is 2. The Balaban J connectivity index is 1.68. The Hall–Kier alpha value is -1.60. The second kappa shape index (κ2) is 6.71. The molecule has 20 heavy (non-hydrogen) atoms. The van der Waals surface area contributed by atoms with Crippen LogP contribution in [0.15, 0.2) is 30.6 Å². The highest BCUT2D eigenvalue weighted by Gasteiger charge is 2.01. The van der Waals surface area contributed by atoms with Crippen molar-refractivity contribution in [3.8, 4) is 5.88 Å². The van der Waals surface area contributed by atoms with Gasteiger partial charge in [-0.3, -0.25) is 4.40 Å². The monoisotopic (exact) mass is 297 g/mol. The Morgan fingerprint density at radius 3 is 2.95 bits per heavy atom. The van der Waals surface area contributed by atoms with Crippen LogP contribution in [0.1, 0.15) is 19.3 Å². The summed E-state index contributed by atoms with van der Waals surface area (Å²) in [7, 11) is -3.07. The number of sulfonamides is 1. The highest BCUT2D eigenvalue weighted by Crippen LogP contribution is 2.13. The fraction of sp³-hybridized carbons (Fsp3) is 0.462. The lowest BCUT2D eigenvalue weighted by atomic mass is 10.2. The topological polar surface area (TPSA) is 72.7 Å². The molecule has 0 saturated carbocycles. The maximum Gasteiger partial charge on any atom is 0.208 e. The number of pyridine rings is 1. The summed E-state index contributed by atoms with van der Waals surface area (Å²) in [5.41, 5.74) is 0.861. The van der Waals surface area contributed by atoms with Crippen molar-refractivity contribution >= 4 is 15.7 Å². The number of hydrogen-bond acceptors (Lipinski definition) is 4. The molecule has 0 saturated heterocycles. The van der Waals surface area contributed by atoms with E-state index in [-0.39, 0.29) is 0 Å². The Morgan fingerprint density at radius 1 is 1.30 bits per heavy atom. The maximum atomic E-state index is 10.9. The SMILES string of the molecule is CS(=O)(=O)NCCCCCOc1cccc2nccn12. The first-order chi connectivity index (χ1) is 9.56. The summed E-state index contributed by atoms with van der Waals surface area (Å²) in [6.45, 7) is 1.09. The van der Waals surface area contributed by atoms with Gasteiger partial charge in [0.25, 0.3) is 0 Å². The number of hydrogen-bond donors (Lipinski definition) is 1. The van der Waals surface area contributed by atoms with Crippen LogP contribution >= 0.6 is 0 Å². The highest BCUT2D eigenvalue weighted by atomic mass is 32.2. The van der Waals surface area contributed by atoms with Gasteiger partial charge in [0.2, 0.25) is 10.0 Å². The van der Waals surface area contributed by atoms with E-state index >= 15 is 0 Å². The lowest BCUT2D eigenvalue weighted by Crippen LogP contribution is -2.22. The molecule has 2 aromatic rings. The molecule has 0 radical (unpaired) electrons. The molecule has 1 N–H and O–H groups in total. The summed E-state index contributed by atoms with van der Waals surface area (Å²) in [4.78, 5) is 4.19. The molecular weight excluding hydrogens is 278 g/mol. The molecule has 2 aromatic heterocycles. The van der Waals surface area contributed by atoms with Gasteiger partial charge in [-0.15, -0.1) is 0 Å². The Labute approximate surface area is 118 Å². The van der Waals surface area contributed by atoms with E-state index in [4.69, 9.17) is 4.74 Å². The van der Waals surface area contributed by atoms with Crippen LogP contribution in [-0.2, 0) is 10.0 Å². The fourth-order valence-electron chi connectivity index (χ4n) is 1.88. The van der Waals surface area contributed by atoms with E-state index in [0.29, 0.717) is 13.2 Å². The summed E-state index contributed by atoms with van der Waals surface area (Å²) >= 11 is 0. The number of rotatable bonds is 8. The van der Waals surface area contributed by atoms with Gasteiger partial charge in [0, 0.05) is 18.9 Å². The van der Waals surface area contributed by atoms with Gasteiger partial charge in [0.15, 0.2) is 5.88 Å². The van der Waals surface area contributed by atoms with Gasteiger partial charge < -0.3 is 4.74 Å². The molecule has 0 unspecified atom stereocenters. The largest absolute Gasteiger partial charge is 0.479 e. The van der Waals surface area contributed by atoms with E-state index < -0.39 is 10.0 Å². The van der Waals surface area contributed by atoms with E-state index in [2.05, 4.69) is 9.71 Å². The predicted molar refractivity (Wildman–Crippen MR) is 77.4 cm³/mol. The van der Waals surface area contributed by atoms with Crippen molar-refractivity contribution in [1.82, 2.24) is 14.1 Å². The summed E-state index contributed by atoms with van der Waals surface area (Å²) in [5, 5.41) is 0. The molecule has 0 aliphatic heterocycles. The van der Waals surface area contributed by atoms with Gasteiger partial charge in [0.05, 0.1) is 12.9 Å². The number of imidazole rings is 1. The third-order valence-electron chi connectivity index (χ3n) is 2.83. The number of nitrogens with zero attached hydrogens (tertiary/aromatic N) is 2. The van der Waals surface area contributed by atoms with Crippen LogP contribution in [0.5, 0.6) is 5.88 Å². The molecule has 0 spiro atoms. The molecule has 0 aliphatic carbocycles. The Kier molecular flexibility index (Phi) is 4.97. The van der Waals surface area contributed by atoms with Gasteiger partial charge in [-0.2, -0.15) is 0 Å². The van der Waals surface area contributed by atoms with Crippen molar-refractivity contribution in [1.29, 1.82) is 0 Å². The second-order valence-electron chi connectivity index (χ2n) is 4.60. The minimum atomic E-state index is -3.07. The number of aromatic nitrogens is 2. The molecule has 0 amide bonds. The first-order valence-corrected chi connectivity index (χ1v) is 8.45. The Bertz CT molecular complexity index is 652. The third kappa shape index (κ3) is 4.50. The summed E-state index contributed by atoms with van der Waals surface area (Å²) in [6, 6.07) is 5.73. The van der Waals surface area contributed by atoms with Gasteiger partial charge >= 0.3 is 0 Å². The quantitative estimate of drug-likeness (QED) is 0.748. The highest BCUT2D eigenvalue weighted by molar-refractivity contribution is 7.88. The standard InChI is InChI=1S/C13H19N3O3S/c1-20(17,18)15-8-3-2-4-11-19-13-7-5-6-12-14-9-10-16(12)13/h5-7,9-10,15H,2-4,8,11H2,1H3. The van der Waals surface area contributed by atoms with Crippen LogP contribution < -0.4 is 9.46 Å². The summed E-state index contributed by atoms with van der Waals surface area (Å²) < 4.78 is 31.8. The zero-order chi connectivity index (χ0) is 14.4. The maximum absolute atomic E-state index is 10.9. The first kappa shape index (κ1) is 14.8. The molecule has 0 fully saturated rings. The van der Waals surface area contributed by atoms with Crippen molar-refractivity contribution in [3.63, 3.8) is 0 Å². The van der Waals surface area contributed by atoms with Crippen LogP contribution in [0.3, 0.4) is 0 Å². The minimum absolute atomic E-state index is 0.482. The summed E-state index contributed by atoms with van der Waals surface area (Å²) in [5.74, 6) is 0.772. The molecule has 110 valence electrons. The van der Waals surface area contributed by atoms with Crippen molar-refractivity contribution in [3.05, 3.63) is 30.6 Å². The van der Waals surface area contributed by atoms with Crippen LogP contribution in [0.4, 0.5) is 0 Å². The normalized spacial score (nSPS) is 11.8. The average Bonchev–Trinajstić information content (AvgIpc) is 2.85. The number of fused-ring (bicyclic) bond motifs is 1. The van der Waals surface area contributed by atoms with Crippen molar-refractivity contribution in [2.75, 3.05) is 19.4 Å². The molecule has 0 bridgehead atoms. The smallest absolute Gasteiger partial charge is 0.208 e. The van der Waals surface area contributed by atoms with Crippen LogP contribution in [0.2, 0.25) is 0 Å². The van der Waals surface area contributed by atoms with Gasteiger partial charge in [-0.25, -0.2) is 18.1 Å². The fourth-order valence-corrected chi connectivity index (χ4v) is 2.39. The zero-order valence-corrected chi connectivity index (χ0v) is 12.3. The lowest BCUT2D eigenvalue weighted by Gasteiger charge is -2.08. The van der Waals surface area contributed by atoms with Crippen LogP contribution in [0.25, 0.3) is 5.65 Å². The van der Waals surface area contributed by atoms with E-state index in [9.17, 15) is 8.42 Å². The molecule has 2 heterocycles. The molecule has 0 atom stereocenters. The summed E-state index contributed by atoms with van der Waals surface area (Å²) in [6.07, 6.45) is 7.38. The van der Waals surface area contributed by atoms with Gasteiger partial charge in [0.1, 0.15) is 5.65 Å². The van der Waals surface area contributed by atoms with E-state index in [1.807, 2.05) is 28.8 Å². The van der Waals surface area contributed by atoms with Crippen LogP contribution in [-0.4, -0.2) is 37.2 Å². The molecule has 7 heteroatoms. The van der Waals surface area contributed by atoms with E-state index in [1.54, 1.807) is 6.20 Å². The number of ether oxygens (including phenoxy) is 1. The molecule has 0 aliphatic rings. The molecule has 2 rings (SSSR count). The van der Waals surface area contributed by atoms with Crippen LogP contribution in [0, 0.1) is 0 Å². The van der Waals surface area contributed by atoms with Crippen molar-refractivity contribution in [2.45, 2.75) is 19.3 Å². The first-order valence-electron chi connectivity index (χ1n) is 6.56. The molecule has 6 nitrogen and oxygen atoms in total. The second-order valence-corrected chi connectivity index (χ2v) is 6.43. The molecule has 0 aromatic carbocycles. The lowest BCUT2D eigenvalue weighted by molar-refractivity contribution is 0.291. The van der Waals surface area contributed by atoms with E-state index in [0.717, 1.165) is 30.8 Å². The Morgan fingerprint density at radius 2 is 2.15 bits per heavy atom. The van der Waals surface area contributed by atoms with Crippen molar-refractivity contribution < 1.29 is 13.2 Å². The van der Waals surface area contributed by atoms with Gasteiger partial charge in [-0.1, -0.05) is 6.07 Å². The zero-order valence-electron chi connectivity index (χ0n) is 11.4. The van der Waals surface area contributed by atoms with E-state index in [1.165, 1.54) is 6.26 Å². The van der Waals surface area contributed by atoms with Gasteiger partial charge in [-0.05, 0) is 31.4 Å². The van der Waals surface area contributed by atoms with Crippen molar-refractivity contribution in [2.24, 2.45) is 0 Å². The average molecular weight is 297 g/mol.